The number of hydrogen-bond donors (Lipinski definition) is 1. The molecule has 2 N–H and O–H groups in total. The summed E-state index contributed by atoms with van der Waals surface area (Å²) in [6.45, 7) is 4.71. The second-order valence-electron chi connectivity index (χ2n) is 4.95. The van der Waals surface area contributed by atoms with Gasteiger partial charge in [0.2, 0.25) is 0 Å². The Bertz CT molecular complexity index is 219. The third-order valence-corrected chi connectivity index (χ3v) is 5.08. The minimum Gasteiger partial charge on any atom is -0.378 e. The van der Waals surface area contributed by atoms with E-state index in [0.717, 1.165) is 44.8 Å². The van der Waals surface area contributed by atoms with Crippen molar-refractivity contribution in [1.29, 1.82) is 0 Å². The molecule has 3 atom stereocenters. The van der Waals surface area contributed by atoms with Gasteiger partial charge in [-0.3, -0.25) is 0 Å². The third kappa shape index (κ3) is 3.13. The van der Waals surface area contributed by atoms with E-state index in [1.54, 1.807) is 0 Å². The number of rotatable bonds is 4. The van der Waals surface area contributed by atoms with Crippen molar-refractivity contribution >= 4 is 11.8 Å². The fourth-order valence-corrected chi connectivity index (χ4v) is 3.81. The summed E-state index contributed by atoms with van der Waals surface area (Å²) in [7, 11) is 0. The lowest BCUT2D eigenvalue weighted by Gasteiger charge is -2.37. The van der Waals surface area contributed by atoms with Crippen LogP contribution in [0.3, 0.4) is 0 Å². The van der Waals surface area contributed by atoms with E-state index in [9.17, 15) is 0 Å². The smallest absolute Gasteiger partial charge is 0.0947 e. The van der Waals surface area contributed by atoms with E-state index >= 15 is 0 Å². The van der Waals surface area contributed by atoms with Crippen LogP contribution in [0.1, 0.15) is 32.6 Å². The van der Waals surface area contributed by atoms with Gasteiger partial charge in [-0.25, -0.2) is 0 Å². The van der Waals surface area contributed by atoms with Crippen LogP contribution in [0.25, 0.3) is 0 Å². The molecule has 3 unspecified atom stereocenters. The Morgan fingerprint density at radius 3 is 3.06 bits per heavy atom. The molecule has 2 saturated heterocycles. The Labute approximate surface area is 102 Å². The molecule has 1 spiro atoms. The minimum absolute atomic E-state index is 0.0478. The van der Waals surface area contributed by atoms with Crippen LogP contribution in [-0.4, -0.2) is 42.5 Å². The largest absolute Gasteiger partial charge is 0.378 e. The van der Waals surface area contributed by atoms with Gasteiger partial charge in [0.15, 0.2) is 0 Å². The standard InChI is InChI=1S/C12H23NO2S/c1-2-10(13)8-16-11-3-5-15-12(7-11)4-6-14-9-12/h10-11H,2-9,13H2,1H3. The molecule has 0 aromatic carbocycles. The van der Waals surface area contributed by atoms with Crippen molar-refractivity contribution in [3.05, 3.63) is 0 Å². The summed E-state index contributed by atoms with van der Waals surface area (Å²) in [6, 6.07) is 0.351. The van der Waals surface area contributed by atoms with Crippen LogP contribution in [0.2, 0.25) is 0 Å². The zero-order valence-corrected chi connectivity index (χ0v) is 10.9. The molecule has 94 valence electrons. The summed E-state index contributed by atoms with van der Waals surface area (Å²) in [5.41, 5.74) is 6.01. The average Bonchev–Trinajstić information content (AvgIpc) is 2.74. The number of ether oxygens (including phenoxy) is 2. The first-order valence-corrected chi connectivity index (χ1v) is 7.38. The molecule has 16 heavy (non-hydrogen) atoms. The molecule has 2 fully saturated rings. The zero-order chi connectivity index (χ0) is 11.4. The summed E-state index contributed by atoms with van der Waals surface area (Å²) in [5, 5.41) is 0.716. The number of hydrogen-bond acceptors (Lipinski definition) is 4. The molecule has 2 heterocycles. The van der Waals surface area contributed by atoms with Crippen molar-refractivity contribution in [1.82, 2.24) is 0 Å². The van der Waals surface area contributed by atoms with Gasteiger partial charge in [-0.2, -0.15) is 11.8 Å². The molecule has 0 aromatic rings. The zero-order valence-electron chi connectivity index (χ0n) is 10.1. The lowest BCUT2D eigenvalue weighted by molar-refractivity contribution is -0.0769. The van der Waals surface area contributed by atoms with Gasteiger partial charge in [-0.1, -0.05) is 6.92 Å². The minimum atomic E-state index is 0.0478. The van der Waals surface area contributed by atoms with Crippen LogP contribution >= 0.6 is 11.8 Å². The molecular formula is C12H23NO2S. The van der Waals surface area contributed by atoms with Crippen LogP contribution in [0.15, 0.2) is 0 Å². The van der Waals surface area contributed by atoms with E-state index < -0.39 is 0 Å². The molecule has 3 nitrogen and oxygen atoms in total. The van der Waals surface area contributed by atoms with Crippen LogP contribution in [-0.2, 0) is 9.47 Å². The molecule has 0 aliphatic carbocycles. The number of nitrogens with two attached hydrogens (primary N) is 1. The normalized spacial score (nSPS) is 36.8. The average molecular weight is 245 g/mol. The summed E-state index contributed by atoms with van der Waals surface area (Å²) in [4.78, 5) is 0. The summed E-state index contributed by atoms with van der Waals surface area (Å²) in [6.07, 6.45) is 4.46. The van der Waals surface area contributed by atoms with Crippen molar-refractivity contribution in [2.45, 2.75) is 49.5 Å². The Hall–Kier alpha value is 0.230. The fourth-order valence-electron chi connectivity index (χ4n) is 2.37. The summed E-state index contributed by atoms with van der Waals surface area (Å²) in [5.74, 6) is 1.08. The second kappa shape index (κ2) is 5.71. The highest BCUT2D eigenvalue weighted by Gasteiger charge is 2.41. The SMILES string of the molecule is CCC(N)CSC1CCOC2(CCOC2)C1. The van der Waals surface area contributed by atoms with Gasteiger partial charge >= 0.3 is 0 Å². The Kier molecular flexibility index (Phi) is 4.53. The molecule has 2 aliphatic heterocycles. The van der Waals surface area contributed by atoms with E-state index in [1.807, 2.05) is 11.8 Å². The highest BCUT2D eigenvalue weighted by atomic mass is 32.2. The van der Waals surface area contributed by atoms with Crippen LogP contribution < -0.4 is 5.73 Å². The number of thioether (sulfide) groups is 1. The van der Waals surface area contributed by atoms with Gasteiger partial charge in [0.25, 0.3) is 0 Å². The summed E-state index contributed by atoms with van der Waals surface area (Å²) < 4.78 is 11.4. The maximum atomic E-state index is 5.96. The predicted molar refractivity (Wildman–Crippen MR) is 67.9 cm³/mol. The Morgan fingerprint density at radius 1 is 1.50 bits per heavy atom. The van der Waals surface area contributed by atoms with Gasteiger partial charge in [0.05, 0.1) is 12.2 Å². The summed E-state index contributed by atoms with van der Waals surface area (Å²) >= 11 is 2.03. The maximum absolute atomic E-state index is 5.96. The molecular weight excluding hydrogens is 222 g/mol. The van der Waals surface area contributed by atoms with Crippen LogP contribution in [0, 0.1) is 0 Å². The van der Waals surface area contributed by atoms with Gasteiger partial charge in [-0.15, -0.1) is 0 Å². The Balaban J connectivity index is 1.78. The molecule has 0 radical (unpaired) electrons. The predicted octanol–water partition coefficient (Wildman–Crippen LogP) is 1.80. The molecule has 4 heteroatoms. The molecule has 0 amide bonds. The fraction of sp³-hybridized carbons (Fsp3) is 1.00. The lowest BCUT2D eigenvalue weighted by Crippen LogP contribution is -2.41. The maximum Gasteiger partial charge on any atom is 0.0947 e. The molecule has 2 rings (SSSR count). The highest BCUT2D eigenvalue weighted by molar-refractivity contribution is 7.99. The van der Waals surface area contributed by atoms with Crippen LogP contribution in [0.5, 0.6) is 0 Å². The van der Waals surface area contributed by atoms with Gasteiger partial charge in [0, 0.05) is 36.7 Å². The first kappa shape index (κ1) is 12.7. The first-order valence-electron chi connectivity index (χ1n) is 6.33. The molecule has 0 saturated carbocycles. The highest BCUT2D eigenvalue weighted by Crippen LogP contribution is 2.37. The topological polar surface area (TPSA) is 44.5 Å². The second-order valence-corrected chi connectivity index (χ2v) is 6.28. The van der Waals surface area contributed by atoms with Crippen molar-refractivity contribution in [2.75, 3.05) is 25.6 Å². The quantitative estimate of drug-likeness (QED) is 0.820. The van der Waals surface area contributed by atoms with E-state index in [-0.39, 0.29) is 5.60 Å². The van der Waals surface area contributed by atoms with Gasteiger partial charge < -0.3 is 15.2 Å². The van der Waals surface area contributed by atoms with E-state index in [2.05, 4.69) is 6.92 Å². The monoisotopic (exact) mass is 245 g/mol. The lowest BCUT2D eigenvalue weighted by atomic mass is 9.93. The first-order chi connectivity index (χ1) is 7.74. The molecule has 2 aliphatic rings. The molecule has 0 aromatic heterocycles. The molecule has 0 bridgehead atoms. The van der Waals surface area contributed by atoms with Crippen molar-refractivity contribution < 1.29 is 9.47 Å². The van der Waals surface area contributed by atoms with Gasteiger partial charge in [-0.05, 0) is 19.3 Å². The Morgan fingerprint density at radius 2 is 2.38 bits per heavy atom. The van der Waals surface area contributed by atoms with Crippen LogP contribution in [0.4, 0.5) is 0 Å². The van der Waals surface area contributed by atoms with E-state index in [0.29, 0.717) is 11.3 Å². The van der Waals surface area contributed by atoms with Crippen molar-refractivity contribution in [2.24, 2.45) is 5.73 Å². The third-order valence-electron chi connectivity index (χ3n) is 3.59. The van der Waals surface area contributed by atoms with E-state index in [4.69, 9.17) is 15.2 Å². The van der Waals surface area contributed by atoms with Crippen molar-refractivity contribution in [3.8, 4) is 0 Å². The van der Waals surface area contributed by atoms with E-state index in [1.165, 1.54) is 6.42 Å². The van der Waals surface area contributed by atoms with Gasteiger partial charge in [0.1, 0.15) is 0 Å². The van der Waals surface area contributed by atoms with Crippen molar-refractivity contribution in [3.63, 3.8) is 0 Å².